The molecule has 0 saturated heterocycles. The van der Waals surface area contributed by atoms with E-state index < -0.39 is 0 Å². The SMILES string of the molecule is Cc1oc(Br)nc1CC(C)C. The molecular formula is C8H12BrNO. The highest BCUT2D eigenvalue weighted by molar-refractivity contribution is 9.10. The first kappa shape index (κ1) is 8.78. The van der Waals surface area contributed by atoms with E-state index in [2.05, 4.69) is 34.8 Å². The average molecular weight is 218 g/mol. The van der Waals surface area contributed by atoms with Crippen molar-refractivity contribution >= 4 is 15.9 Å². The van der Waals surface area contributed by atoms with Crippen LogP contribution >= 0.6 is 15.9 Å². The molecule has 0 N–H and O–H groups in total. The van der Waals surface area contributed by atoms with E-state index >= 15 is 0 Å². The Morgan fingerprint density at radius 2 is 2.18 bits per heavy atom. The maximum Gasteiger partial charge on any atom is 0.264 e. The molecular weight excluding hydrogens is 206 g/mol. The number of rotatable bonds is 2. The first-order chi connectivity index (χ1) is 5.09. The van der Waals surface area contributed by atoms with Crippen LogP contribution in [0.4, 0.5) is 0 Å². The number of hydrogen-bond acceptors (Lipinski definition) is 2. The molecule has 0 atom stereocenters. The molecule has 3 heteroatoms. The van der Waals surface area contributed by atoms with Crippen molar-refractivity contribution in [2.75, 3.05) is 0 Å². The highest BCUT2D eigenvalue weighted by Gasteiger charge is 2.08. The molecule has 0 fully saturated rings. The Morgan fingerprint density at radius 3 is 2.55 bits per heavy atom. The van der Waals surface area contributed by atoms with Crippen LogP contribution in [0.1, 0.15) is 25.3 Å². The molecule has 1 aromatic heterocycles. The van der Waals surface area contributed by atoms with E-state index in [-0.39, 0.29) is 0 Å². The fourth-order valence-corrected chi connectivity index (χ4v) is 1.43. The average Bonchev–Trinajstić information content (AvgIpc) is 2.09. The van der Waals surface area contributed by atoms with Crippen LogP contribution in [0.15, 0.2) is 9.22 Å². The molecule has 1 rings (SSSR count). The molecule has 0 aliphatic rings. The summed E-state index contributed by atoms with van der Waals surface area (Å²) in [5.41, 5.74) is 1.06. The Bertz CT molecular complexity index is 242. The van der Waals surface area contributed by atoms with Crippen LogP contribution in [0.3, 0.4) is 0 Å². The van der Waals surface area contributed by atoms with Gasteiger partial charge < -0.3 is 4.42 Å². The number of halogens is 1. The third-order valence-electron chi connectivity index (χ3n) is 1.47. The number of hydrogen-bond donors (Lipinski definition) is 0. The molecule has 1 heterocycles. The summed E-state index contributed by atoms with van der Waals surface area (Å²) in [6.45, 7) is 6.28. The molecule has 0 saturated carbocycles. The summed E-state index contributed by atoms with van der Waals surface area (Å²) in [6.07, 6.45) is 0.987. The molecule has 0 aromatic carbocycles. The predicted octanol–water partition coefficient (Wildman–Crippen LogP) is 2.94. The van der Waals surface area contributed by atoms with Crippen LogP contribution in [0, 0.1) is 12.8 Å². The van der Waals surface area contributed by atoms with Gasteiger partial charge in [-0.2, -0.15) is 0 Å². The zero-order chi connectivity index (χ0) is 8.43. The summed E-state index contributed by atoms with van der Waals surface area (Å²) in [5, 5.41) is 0. The van der Waals surface area contributed by atoms with Crippen LogP contribution in [0.25, 0.3) is 0 Å². The van der Waals surface area contributed by atoms with Crippen molar-refractivity contribution in [2.24, 2.45) is 5.92 Å². The summed E-state index contributed by atoms with van der Waals surface area (Å²) in [6, 6.07) is 0. The van der Waals surface area contributed by atoms with Gasteiger partial charge in [-0.05, 0) is 19.3 Å². The van der Waals surface area contributed by atoms with Crippen LogP contribution in [-0.4, -0.2) is 4.98 Å². The van der Waals surface area contributed by atoms with Crippen molar-refractivity contribution in [2.45, 2.75) is 27.2 Å². The van der Waals surface area contributed by atoms with Crippen LogP contribution in [0.5, 0.6) is 0 Å². The second kappa shape index (κ2) is 3.39. The molecule has 0 amide bonds. The molecule has 0 aliphatic carbocycles. The van der Waals surface area contributed by atoms with Gasteiger partial charge >= 0.3 is 0 Å². The smallest absolute Gasteiger partial charge is 0.264 e. The van der Waals surface area contributed by atoms with E-state index in [1.54, 1.807) is 0 Å². The molecule has 0 bridgehead atoms. The molecule has 0 radical (unpaired) electrons. The number of oxazole rings is 1. The zero-order valence-electron chi connectivity index (χ0n) is 7.02. The zero-order valence-corrected chi connectivity index (χ0v) is 8.60. The van der Waals surface area contributed by atoms with Crippen molar-refractivity contribution in [1.29, 1.82) is 0 Å². The minimum absolute atomic E-state index is 0.589. The van der Waals surface area contributed by atoms with Gasteiger partial charge in [-0.15, -0.1) is 0 Å². The molecule has 0 aliphatic heterocycles. The normalized spacial score (nSPS) is 11.0. The van der Waals surface area contributed by atoms with Crippen LogP contribution in [-0.2, 0) is 6.42 Å². The maximum absolute atomic E-state index is 5.22. The lowest BCUT2D eigenvalue weighted by Gasteiger charge is -1.99. The van der Waals surface area contributed by atoms with Gasteiger partial charge in [0.25, 0.3) is 4.80 Å². The van der Waals surface area contributed by atoms with Gasteiger partial charge in [-0.3, -0.25) is 0 Å². The standard InChI is InChI=1S/C8H12BrNO/c1-5(2)4-7-6(3)11-8(9)10-7/h5H,4H2,1-3H3. The Labute approximate surface area is 75.1 Å². The topological polar surface area (TPSA) is 26.0 Å². The van der Waals surface area contributed by atoms with Crippen molar-refractivity contribution in [1.82, 2.24) is 4.98 Å². The maximum atomic E-state index is 5.22. The number of aromatic nitrogens is 1. The van der Waals surface area contributed by atoms with Crippen LogP contribution in [0.2, 0.25) is 0 Å². The fourth-order valence-electron chi connectivity index (χ4n) is 0.969. The lowest BCUT2D eigenvalue weighted by Crippen LogP contribution is -1.95. The van der Waals surface area contributed by atoms with Gasteiger partial charge in [0.05, 0.1) is 5.69 Å². The van der Waals surface area contributed by atoms with Gasteiger partial charge in [0.15, 0.2) is 0 Å². The molecule has 0 unspecified atom stereocenters. The minimum Gasteiger partial charge on any atom is -0.436 e. The third kappa shape index (κ3) is 2.33. The van der Waals surface area contributed by atoms with Gasteiger partial charge in [-0.25, -0.2) is 4.98 Å². The molecule has 1 aromatic rings. The van der Waals surface area contributed by atoms with E-state index in [1.165, 1.54) is 0 Å². The summed E-state index contributed by atoms with van der Waals surface area (Å²) in [7, 11) is 0. The minimum atomic E-state index is 0.589. The summed E-state index contributed by atoms with van der Waals surface area (Å²) in [5.74, 6) is 1.55. The molecule has 62 valence electrons. The van der Waals surface area contributed by atoms with E-state index in [9.17, 15) is 0 Å². The monoisotopic (exact) mass is 217 g/mol. The van der Waals surface area contributed by atoms with Crippen molar-refractivity contribution < 1.29 is 4.42 Å². The largest absolute Gasteiger partial charge is 0.436 e. The lowest BCUT2D eigenvalue weighted by atomic mass is 10.1. The van der Waals surface area contributed by atoms with Crippen LogP contribution < -0.4 is 0 Å². The lowest BCUT2D eigenvalue weighted by molar-refractivity contribution is 0.496. The van der Waals surface area contributed by atoms with E-state index in [1.807, 2.05) is 6.92 Å². The first-order valence-electron chi connectivity index (χ1n) is 3.71. The Balaban J connectivity index is 2.77. The number of aryl methyl sites for hydroxylation is 1. The second-order valence-corrected chi connectivity index (χ2v) is 3.75. The summed E-state index contributed by atoms with van der Waals surface area (Å²) in [4.78, 5) is 4.79. The molecule has 0 spiro atoms. The van der Waals surface area contributed by atoms with Crippen molar-refractivity contribution in [3.8, 4) is 0 Å². The highest BCUT2D eigenvalue weighted by atomic mass is 79.9. The fraction of sp³-hybridized carbons (Fsp3) is 0.625. The van der Waals surface area contributed by atoms with Gasteiger partial charge in [0, 0.05) is 15.9 Å². The van der Waals surface area contributed by atoms with E-state index in [0.717, 1.165) is 17.9 Å². The Morgan fingerprint density at radius 1 is 1.55 bits per heavy atom. The third-order valence-corrected chi connectivity index (χ3v) is 1.81. The highest BCUT2D eigenvalue weighted by Crippen LogP contribution is 2.17. The molecule has 2 nitrogen and oxygen atoms in total. The quantitative estimate of drug-likeness (QED) is 0.762. The van der Waals surface area contributed by atoms with Gasteiger partial charge in [-0.1, -0.05) is 13.8 Å². The summed E-state index contributed by atoms with van der Waals surface area (Å²) >= 11 is 3.20. The number of nitrogens with zero attached hydrogens (tertiary/aromatic N) is 1. The Hall–Kier alpha value is -0.310. The van der Waals surface area contributed by atoms with Crippen molar-refractivity contribution in [3.05, 3.63) is 16.3 Å². The van der Waals surface area contributed by atoms with Crippen molar-refractivity contribution in [3.63, 3.8) is 0 Å². The van der Waals surface area contributed by atoms with Gasteiger partial charge in [0.1, 0.15) is 5.76 Å². The predicted molar refractivity (Wildman–Crippen MR) is 47.5 cm³/mol. The Kier molecular flexibility index (Phi) is 2.71. The van der Waals surface area contributed by atoms with E-state index in [4.69, 9.17) is 4.42 Å². The second-order valence-electron chi connectivity index (χ2n) is 3.07. The van der Waals surface area contributed by atoms with Gasteiger partial charge in [0.2, 0.25) is 0 Å². The molecule has 11 heavy (non-hydrogen) atoms. The first-order valence-corrected chi connectivity index (χ1v) is 4.50. The van der Waals surface area contributed by atoms with E-state index in [0.29, 0.717) is 10.7 Å². The summed E-state index contributed by atoms with van der Waals surface area (Å²) < 4.78 is 5.22.